The summed E-state index contributed by atoms with van der Waals surface area (Å²) in [5.74, 6) is 0.0897. The van der Waals surface area contributed by atoms with Crippen molar-refractivity contribution in [3.63, 3.8) is 0 Å². The highest BCUT2D eigenvalue weighted by molar-refractivity contribution is 7.92. The molecule has 192 valence electrons. The number of anilines is 1. The highest BCUT2D eigenvalue weighted by atomic mass is 32.2. The van der Waals surface area contributed by atoms with Crippen molar-refractivity contribution in [1.29, 1.82) is 0 Å². The number of aryl methyl sites for hydroxylation is 2. The lowest BCUT2D eigenvalue weighted by atomic mass is 10.1. The number of halogens is 3. The van der Waals surface area contributed by atoms with Gasteiger partial charge >= 0.3 is 6.18 Å². The van der Waals surface area contributed by atoms with E-state index >= 15 is 0 Å². The monoisotopic (exact) mass is 520 g/mol. The summed E-state index contributed by atoms with van der Waals surface area (Å²) >= 11 is 0. The van der Waals surface area contributed by atoms with Gasteiger partial charge in [-0.25, -0.2) is 8.42 Å². The van der Waals surface area contributed by atoms with Crippen LogP contribution in [0, 0.1) is 6.92 Å². The van der Waals surface area contributed by atoms with Crippen molar-refractivity contribution >= 4 is 21.6 Å². The van der Waals surface area contributed by atoms with Gasteiger partial charge in [0.2, 0.25) is 5.91 Å². The average molecular weight is 521 g/mol. The van der Waals surface area contributed by atoms with Gasteiger partial charge in [-0.2, -0.15) is 13.2 Å². The minimum atomic E-state index is -4.67. The number of ether oxygens (including phenoxy) is 1. The average Bonchev–Trinajstić information content (AvgIpc) is 2.85. The molecule has 0 bridgehead atoms. The number of hydrogen-bond acceptors (Lipinski definition) is 4. The number of nitrogens with one attached hydrogen (secondary N) is 1. The third-order valence-electron chi connectivity index (χ3n) is 5.50. The van der Waals surface area contributed by atoms with Gasteiger partial charge in [-0.05, 0) is 61.7 Å². The lowest BCUT2D eigenvalue weighted by Gasteiger charge is -2.25. The normalized spacial score (nSPS) is 11.7. The maximum atomic E-state index is 13.4. The molecule has 1 amide bonds. The molecule has 0 saturated heterocycles. The van der Waals surface area contributed by atoms with Crippen LogP contribution in [0.5, 0.6) is 5.75 Å². The Hall–Kier alpha value is -3.53. The fourth-order valence-corrected chi connectivity index (χ4v) is 5.01. The Balaban J connectivity index is 1.79. The molecule has 3 rings (SSSR count). The van der Waals surface area contributed by atoms with Crippen molar-refractivity contribution in [2.75, 3.05) is 24.5 Å². The van der Waals surface area contributed by atoms with Crippen molar-refractivity contribution in [3.05, 3.63) is 89.5 Å². The number of nitrogens with zero attached hydrogens (tertiary/aromatic N) is 1. The summed E-state index contributed by atoms with van der Waals surface area (Å²) in [4.78, 5) is 12.6. The summed E-state index contributed by atoms with van der Waals surface area (Å²) in [6.45, 7) is 1.35. The number of sulfonamides is 1. The number of hydrogen-bond donors (Lipinski definition) is 1. The molecule has 0 heterocycles. The Bertz CT molecular complexity index is 1290. The van der Waals surface area contributed by atoms with Crippen LogP contribution in [-0.4, -0.2) is 34.5 Å². The van der Waals surface area contributed by atoms with E-state index < -0.39 is 34.2 Å². The van der Waals surface area contributed by atoms with Crippen LogP contribution in [0.3, 0.4) is 0 Å². The molecular weight excluding hydrogens is 493 g/mol. The van der Waals surface area contributed by atoms with Crippen molar-refractivity contribution in [1.82, 2.24) is 5.32 Å². The molecule has 6 nitrogen and oxygen atoms in total. The molecule has 0 spiro atoms. The molecular formula is C26H27F3N2O4S. The van der Waals surface area contributed by atoms with E-state index in [1.54, 1.807) is 26.2 Å². The number of amides is 1. The molecule has 0 radical (unpaired) electrons. The summed E-state index contributed by atoms with van der Waals surface area (Å²) in [6.07, 6.45) is -3.50. The molecule has 3 aromatic rings. The lowest BCUT2D eigenvalue weighted by molar-refractivity contribution is -0.137. The third kappa shape index (κ3) is 6.78. The highest BCUT2D eigenvalue weighted by Gasteiger charge is 2.33. The van der Waals surface area contributed by atoms with Crippen molar-refractivity contribution < 1.29 is 31.1 Å². The minimum Gasteiger partial charge on any atom is -0.496 e. The maximum Gasteiger partial charge on any atom is 0.416 e. The van der Waals surface area contributed by atoms with Crippen LogP contribution in [0.15, 0.2) is 77.7 Å². The summed E-state index contributed by atoms with van der Waals surface area (Å²) in [6, 6.07) is 17.2. The summed E-state index contributed by atoms with van der Waals surface area (Å²) in [5.41, 5.74) is 0.505. The number of alkyl halides is 3. The summed E-state index contributed by atoms with van der Waals surface area (Å²) < 4.78 is 72.7. The molecule has 0 unspecified atom stereocenters. The van der Waals surface area contributed by atoms with Gasteiger partial charge in [0.15, 0.2) is 0 Å². The minimum absolute atomic E-state index is 0.130. The number of para-hydroxylation sites is 1. The largest absolute Gasteiger partial charge is 0.496 e. The molecule has 0 aliphatic heterocycles. The number of rotatable bonds is 10. The van der Waals surface area contributed by atoms with Gasteiger partial charge in [-0.15, -0.1) is 0 Å². The standard InChI is InChI=1S/C26H27F3N2O4S/c1-19-12-14-23(15-13-19)36(33,34)31(22-10-5-9-21(17-22)26(27,28)29)18-25(32)30-16-6-8-20-7-3-4-11-24(20)35-2/h3-5,7,9-15,17H,6,8,16,18H2,1-2H3,(H,30,32). The summed E-state index contributed by atoms with van der Waals surface area (Å²) in [7, 11) is -2.76. The van der Waals surface area contributed by atoms with Gasteiger partial charge in [0.05, 0.1) is 23.3 Å². The van der Waals surface area contributed by atoms with Gasteiger partial charge < -0.3 is 10.1 Å². The van der Waals surface area contributed by atoms with E-state index in [1.807, 2.05) is 24.3 Å². The fraction of sp³-hybridized carbons (Fsp3) is 0.269. The van der Waals surface area contributed by atoms with E-state index in [4.69, 9.17) is 4.74 Å². The number of methoxy groups -OCH3 is 1. The van der Waals surface area contributed by atoms with Crippen molar-refractivity contribution in [3.8, 4) is 5.75 Å². The Morgan fingerprint density at radius 1 is 1.00 bits per heavy atom. The smallest absolute Gasteiger partial charge is 0.416 e. The highest BCUT2D eigenvalue weighted by Crippen LogP contribution is 2.33. The molecule has 1 N–H and O–H groups in total. The Morgan fingerprint density at radius 3 is 2.36 bits per heavy atom. The van der Waals surface area contributed by atoms with Crippen LogP contribution in [0.1, 0.15) is 23.1 Å². The molecule has 0 aromatic heterocycles. The second-order valence-electron chi connectivity index (χ2n) is 8.14. The zero-order chi connectivity index (χ0) is 26.3. The van der Waals surface area contributed by atoms with Crippen LogP contribution in [0.2, 0.25) is 0 Å². The second kappa shape index (κ2) is 11.5. The van der Waals surface area contributed by atoms with Gasteiger partial charge in [0.25, 0.3) is 10.0 Å². The first-order valence-corrected chi connectivity index (χ1v) is 12.6. The first kappa shape index (κ1) is 27.1. The molecule has 0 fully saturated rings. The van der Waals surface area contributed by atoms with E-state index in [9.17, 15) is 26.4 Å². The van der Waals surface area contributed by atoms with E-state index in [2.05, 4.69) is 5.32 Å². The molecule has 0 aliphatic rings. The quantitative estimate of drug-likeness (QED) is 0.383. The van der Waals surface area contributed by atoms with E-state index in [-0.39, 0.29) is 17.1 Å². The Kier molecular flexibility index (Phi) is 8.62. The zero-order valence-corrected chi connectivity index (χ0v) is 20.7. The second-order valence-corrected chi connectivity index (χ2v) is 10.0. The molecule has 36 heavy (non-hydrogen) atoms. The fourth-order valence-electron chi connectivity index (χ4n) is 3.59. The topological polar surface area (TPSA) is 75.7 Å². The van der Waals surface area contributed by atoms with Gasteiger partial charge in [-0.1, -0.05) is 42.0 Å². The van der Waals surface area contributed by atoms with Crippen LogP contribution in [0.4, 0.5) is 18.9 Å². The maximum absolute atomic E-state index is 13.4. The first-order chi connectivity index (χ1) is 17.0. The SMILES string of the molecule is COc1ccccc1CCCNC(=O)CN(c1cccc(C(F)(F)F)c1)S(=O)(=O)c1ccc(C)cc1. The molecule has 0 saturated carbocycles. The van der Waals surface area contributed by atoms with Gasteiger partial charge in [0.1, 0.15) is 12.3 Å². The van der Waals surface area contributed by atoms with Gasteiger partial charge in [0, 0.05) is 6.54 Å². The molecule has 10 heteroatoms. The number of carbonyl (C=O) groups is 1. The van der Waals surface area contributed by atoms with Crippen molar-refractivity contribution in [2.45, 2.75) is 30.8 Å². The number of carbonyl (C=O) groups excluding carboxylic acids is 1. The Morgan fingerprint density at radius 2 is 1.69 bits per heavy atom. The molecule has 0 atom stereocenters. The van der Waals surface area contributed by atoms with E-state index in [0.717, 1.165) is 35.1 Å². The van der Waals surface area contributed by atoms with Crippen LogP contribution in [0.25, 0.3) is 0 Å². The van der Waals surface area contributed by atoms with Crippen LogP contribution < -0.4 is 14.4 Å². The van der Waals surface area contributed by atoms with E-state index in [0.29, 0.717) is 17.1 Å². The lowest BCUT2D eigenvalue weighted by Crippen LogP contribution is -2.41. The van der Waals surface area contributed by atoms with Crippen LogP contribution in [-0.2, 0) is 27.4 Å². The molecule has 0 aliphatic carbocycles. The third-order valence-corrected chi connectivity index (χ3v) is 7.28. The zero-order valence-electron chi connectivity index (χ0n) is 19.9. The Labute approximate surface area is 208 Å². The van der Waals surface area contributed by atoms with Crippen molar-refractivity contribution in [2.24, 2.45) is 0 Å². The predicted molar refractivity (Wildman–Crippen MR) is 131 cm³/mol. The number of benzene rings is 3. The molecule has 3 aromatic carbocycles. The first-order valence-electron chi connectivity index (χ1n) is 11.2. The van der Waals surface area contributed by atoms with E-state index in [1.165, 1.54) is 18.2 Å². The van der Waals surface area contributed by atoms with Crippen LogP contribution >= 0.6 is 0 Å². The predicted octanol–water partition coefficient (Wildman–Crippen LogP) is 4.97. The van der Waals surface area contributed by atoms with Gasteiger partial charge in [-0.3, -0.25) is 9.10 Å². The summed E-state index contributed by atoms with van der Waals surface area (Å²) in [5, 5.41) is 2.66.